The highest BCUT2D eigenvalue weighted by Crippen LogP contribution is 2.27. The number of furan rings is 1. The number of anilines is 1. The summed E-state index contributed by atoms with van der Waals surface area (Å²) in [6.45, 7) is 1.77. The van der Waals surface area contributed by atoms with E-state index in [1.54, 1.807) is 23.7 Å². The second kappa shape index (κ2) is 7.29. The molecule has 2 amide bonds. The molecule has 136 valence electrons. The third-order valence-electron chi connectivity index (χ3n) is 3.74. The van der Waals surface area contributed by atoms with E-state index in [-0.39, 0.29) is 11.8 Å². The zero-order valence-corrected chi connectivity index (χ0v) is 15.8. The normalized spacial score (nSPS) is 10.9. The van der Waals surface area contributed by atoms with Gasteiger partial charge in [0.1, 0.15) is 11.5 Å². The van der Waals surface area contributed by atoms with Crippen molar-refractivity contribution in [2.75, 3.05) is 5.32 Å². The summed E-state index contributed by atoms with van der Waals surface area (Å²) in [6.07, 6.45) is 0. The minimum Gasteiger partial charge on any atom is -0.458 e. The Hall–Kier alpha value is -3.04. The van der Waals surface area contributed by atoms with Crippen molar-refractivity contribution in [3.05, 3.63) is 52.5 Å². The van der Waals surface area contributed by atoms with Gasteiger partial charge in [-0.2, -0.15) is 0 Å². The van der Waals surface area contributed by atoms with Gasteiger partial charge in [0.05, 0.1) is 22.3 Å². The molecule has 0 atom stereocenters. The standard InChI is InChI=1S/C18H14N4O3S2/c1-10(23)19-7-12-3-5-15(25-12)14-8-26-18(21-14)22-17(24)11-2-4-13-16(6-11)27-9-20-13/h2-6,8-9H,7H2,1H3,(H,19,23)(H,21,22,24). The highest BCUT2D eigenvalue weighted by Gasteiger charge is 2.13. The SMILES string of the molecule is CC(=O)NCc1ccc(-c2csc(NC(=O)c3ccc4ncsc4c3)n2)o1. The number of thiazole rings is 2. The van der Waals surface area contributed by atoms with Crippen molar-refractivity contribution >= 4 is 49.8 Å². The van der Waals surface area contributed by atoms with Crippen LogP contribution in [0.4, 0.5) is 5.13 Å². The second-order valence-corrected chi connectivity index (χ2v) is 7.45. The van der Waals surface area contributed by atoms with E-state index >= 15 is 0 Å². The van der Waals surface area contributed by atoms with Gasteiger partial charge in [0.25, 0.3) is 5.91 Å². The molecule has 0 aliphatic rings. The van der Waals surface area contributed by atoms with Crippen LogP contribution in [0.1, 0.15) is 23.0 Å². The Morgan fingerprint density at radius 1 is 1.19 bits per heavy atom. The first-order valence-electron chi connectivity index (χ1n) is 8.02. The van der Waals surface area contributed by atoms with Gasteiger partial charge in [-0.25, -0.2) is 9.97 Å². The summed E-state index contributed by atoms with van der Waals surface area (Å²) in [6, 6.07) is 8.96. The molecule has 0 saturated heterocycles. The third kappa shape index (κ3) is 3.88. The van der Waals surface area contributed by atoms with E-state index in [9.17, 15) is 9.59 Å². The van der Waals surface area contributed by atoms with Gasteiger partial charge >= 0.3 is 0 Å². The van der Waals surface area contributed by atoms with E-state index < -0.39 is 0 Å². The van der Waals surface area contributed by atoms with E-state index in [0.29, 0.717) is 34.5 Å². The number of aromatic nitrogens is 2. The van der Waals surface area contributed by atoms with Gasteiger partial charge in [-0.15, -0.1) is 22.7 Å². The number of amides is 2. The zero-order chi connectivity index (χ0) is 18.8. The van der Waals surface area contributed by atoms with Crippen molar-refractivity contribution in [2.45, 2.75) is 13.5 Å². The van der Waals surface area contributed by atoms with Gasteiger partial charge in [0.15, 0.2) is 10.9 Å². The van der Waals surface area contributed by atoms with Crippen molar-refractivity contribution in [1.29, 1.82) is 0 Å². The maximum atomic E-state index is 12.5. The Bertz CT molecular complexity index is 1130. The monoisotopic (exact) mass is 398 g/mol. The van der Waals surface area contributed by atoms with Gasteiger partial charge in [0.2, 0.25) is 5.91 Å². The lowest BCUT2D eigenvalue weighted by Gasteiger charge is -2.01. The molecule has 9 heteroatoms. The molecule has 0 radical (unpaired) electrons. The first-order valence-corrected chi connectivity index (χ1v) is 9.78. The quantitative estimate of drug-likeness (QED) is 0.531. The molecule has 0 aliphatic carbocycles. The average molecular weight is 398 g/mol. The number of nitrogens with one attached hydrogen (secondary N) is 2. The Labute approximate surface area is 162 Å². The molecule has 0 aliphatic heterocycles. The molecule has 0 spiro atoms. The number of benzene rings is 1. The molecule has 7 nitrogen and oxygen atoms in total. The fraction of sp³-hybridized carbons (Fsp3) is 0.111. The summed E-state index contributed by atoms with van der Waals surface area (Å²) in [4.78, 5) is 32.0. The van der Waals surface area contributed by atoms with Crippen LogP contribution in [0.25, 0.3) is 21.7 Å². The molecule has 1 aromatic carbocycles. The molecular formula is C18H14N4O3S2. The maximum Gasteiger partial charge on any atom is 0.257 e. The third-order valence-corrected chi connectivity index (χ3v) is 5.29. The Morgan fingerprint density at radius 2 is 2.07 bits per heavy atom. The number of rotatable bonds is 5. The first kappa shape index (κ1) is 17.4. The number of hydrogen-bond acceptors (Lipinski definition) is 7. The van der Waals surface area contributed by atoms with Crippen molar-refractivity contribution in [1.82, 2.24) is 15.3 Å². The van der Waals surface area contributed by atoms with Crippen molar-refractivity contribution < 1.29 is 14.0 Å². The highest BCUT2D eigenvalue weighted by atomic mass is 32.1. The molecule has 0 fully saturated rings. The predicted molar refractivity (Wildman–Crippen MR) is 105 cm³/mol. The van der Waals surface area contributed by atoms with Crippen molar-refractivity contribution in [3.8, 4) is 11.5 Å². The summed E-state index contributed by atoms with van der Waals surface area (Å²) < 4.78 is 6.64. The van der Waals surface area contributed by atoms with Crippen molar-refractivity contribution in [3.63, 3.8) is 0 Å². The Kier molecular flexibility index (Phi) is 4.69. The first-order chi connectivity index (χ1) is 13.1. The summed E-state index contributed by atoms with van der Waals surface area (Å²) in [5, 5.41) is 7.78. The summed E-state index contributed by atoms with van der Waals surface area (Å²) in [5.41, 5.74) is 3.81. The lowest BCUT2D eigenvalue weighted by atomic mass is 10.2. The molecule has 27 heavy (non-hydrogen) atoms. The molecule has 0 unspecified atom stereocenters. The van der Waals surface area contributed by atoms with Crippen LogP contribution < -0.4 is 10.6 Å². The molecule has 3 heterocycles. The van der Waals surface area contributed by atoms with Crippen LogP contribution >= 0.6 is 22.7 Å². The predicted octanol–water partition coefficient (Wildman–Crippen LogP) is 3.90. The van der Waals surface area contributed by atoms with Crippen LogP contribution in [0.15, 0.2) is 45.6 Å². The van der Waals surface area contributed by atoms with E-state index in [0.717, 1.165) is 10.2 Å². The smallest absolute Gasteiger partial charge is 0.257 e. The number of fused-ring (bicyclic) bond motifs is 1. The molecule has 4 aromatic rings. The van der Waals surface area contributed by atoms with Crippen molar-refractivity contribution in [2.24, 2.45) is 0 Å². The van der Waals surface area contributed by atoms with E-state index in [1.807, 2.05) is 17.5 Å². The topological polar surface area (TPSA) is 97.1 Å². The van der Waals surface area contributed by atoms with Crippen LogP contribution in [0.5, 0.6) is 0 Å². The summed E-state index contributed by atoms with van der Waals surface area (Å²) in [5.74, 6) is 0.870. The van der Waals surface area contributed by atoms with Gasteiger partial charge in [-0.05, 0) is 30.3 Å². The summed E-state index contributed by atoms with van der Waals surface area (Å²) in [7, 11) is 0. The van der Waals surface area contributed by atoms with Crippen LogP contribution in [-0.4, -0.2) is 21.8 Å². The molecule has 0 saturated carbocycles. The van der Waals surface area contributed by atoms with Crippen LogP contribution in [-0.2, 0) is 11.3 Å². The largest absolute Gasteiger partial charge is 0.458 e. The van der Waals surface area contributed by atoms with Gasteiger partial charge in [0, 0.05) is 17.9 Å². The average Bonchev–Trinajstić information content (AvgIpc) is 3.39. The van der Waals surface area contributed by atoms with Crippen LogP contribution in [0.2, 0.25) is 0 Å². The van der Waals surface area contributed by atoms with E-state index in [4.69, 9.17) is 4.42 Å². The molecule has 2 N–H and O–H groups in total. The maximum absolute atomic E-state index is 12.5. The van der Waals surface area contributed by atoms with E-state index in [1.165, 1.54) is 29.6 Å². The molecule has 3 aromatic heterocycles. The van der Waals surface area contributed by atoms with E-state index in [2.05, 4.69) is 20.6 Å². The number of nitrogens with zero attached hydrogens (tertiary/aromatic N) is 2. The van der Waals surface area contributed by atoms with Gasteiger partial charge in [-0.3, -0.25) is 14.9 Å². The minimum atomic E-state index is -0.225. The van der Waals surface area contributed by atoms with Crippen LogP contribution in [0, 0.1) is 0 Å². The fourth-order valence-electron chi connectivity index (χ4n) is 2.43. The van der Waals surface area contributed by atoms with Crippen LogP contribution in [0.3, 0.4) is 0 Å². The highest BCUT2D eigenvalue weighted by molar-refractivity contribution is 7.16. The number of hydrogen-bond donors (Lipinski definition) is 2. The number of carbonyl (C=O) groups is 2. The van der Waals surface area contributed by atoms with Gasteiger partial charge in [-0.1, -0.05) is 0 Å². The molecular weight excluding hydrogens is 384 g/mol. The Morgan fingerprint density at radius 3 is 2.93 bits per heavy atom. The lowest BCUT2D eigenvalue weighted by Crippen LogP contribution is -2.18. The molecule has 0 bridgehead atoms. The number of carbonyl (C=O) groups excluding carboxylic acids is 2. The second-order valence-electron chi connectivity index (χ2n) is 5.70. The summed E-state index contributed by atoms with van der Waals surface area (Å²) >= 11 is 2.81. The zero-order valence-electron chi connectivity index (χ0n) is 14.2. The molecule has 4 rings (SSSR count). The Balaban J connectivity index is 1.46. The lowest BCUT2D eigenvalue weighted by molar-refractivity contribution is -0.119. The fourth-order valence-corrected chi connectivity index (χ4v) is 3.84. The minimum absolute atomic E-state index is 0.122. The van der Waals surface area contributed by atoms with Gasteiger partial charge < -0.3 is 9.73 Å².